The molecule has 1 amide bonds. The number of carbonyl (C=O) groups excluding carboxylic acids is 1. The number of nitrogens with zero attached hydrogens (tertiary/aromatic N) is 1. The van der Waals surface area contributed by atoms with Crippen molar-refractivity contribution in [1.29, 1.82) is 0 Å². The summed E-state index contributed by atoms with van der Waals surface area (Å²) in [7, 11) is 0. The highest BCUT2D eigenvalue weighted by Gasteiger charge is 2.19. The molecular weight excluding hydrogens is 298 g/mol. The van der Waals surface area contributed by atoms with Crippen molar-refractivity contribution in [3.63, 3.8) is 0 Å². The lowest BCUT2D eigenvalue weighted by molar-refractivity contribution is 0.0793. The van der Waals surface area contributed by atoms with Crippen LogP contribution in [0.25, 0.3) is 0 Å². The van der Waals surface area contributed by atoms with Crippen molar-refractivity contribution >= 4 is 5.91 Å². The topological polar surface area (TPSA) is 29.5 Å². The molecule has 2 aromatic carbocycles. The van der Waals surface area contributed by atoms with Crippen LogP contribution in [0.3, 0.4) is 0 Å². The summed E-state index contributed by atoms with van der Waals surface area (Å²) >= 11 is 0. The van der Waals surface area contributed by atoms with Crippen molar-refractivity contribution in [2.45, 2.75) is 39.2 Å². The maximum atomic E-state index is 12.3. The van der Waals surface area contributed by atoms with Gasteiger partial charge in [0.15, 0.2) is 0 Å². The Balaban J connectivity index is 1.57. The molecule has 2 aromatic rings. The molecule has 1 aliphatic rings. The third-order valence-electron chi connectivity index (χ3n) is 4.55. The quantitative estimate of drug-likeness (QED) is 0.803. The molecule has 0 spiro atoms. The molecule has 1 saturated heterocycles. The maximum Gasteiger partial charge on any atom is 0.253 e. The summed E-state index contributed by atoms with van der Waals surface area (Å²) < 4.78 is 5.83. The first kappa shape index (κ1) is 16.6. The van der Waals surface area contributed by atoms with Gasteiger partial charge in [0, 0.05) is 18.7 Å². The summed E-state index contributed by atoms with van der Waals surface area (Å²) in [4.78, 5) is 14.3. The lowest BCUT2D eigenvalue weighted by atomic mass is 10.0. The summed E-state index contributed by atoms with van der Waals surface area (Å²) in [6.45, 7) is 6.65. The Bertz CT molecular complexity index is 668. The zero-order valence-electron chi connectivity index (χ0n) is 14.5. The zero-order valence-corrected chi connectivity index (χ0v) is 14.5. The maximum absolute atomic E-state index is 12.3. The summed E-state index contributed by atoms with van der Waals surface area (Å²) in [6.07, 6.45) is 2.24. The van der Waals surface area contributed by atoms with Gasteiger partial charge in [-0.2, -0.15) is 0 Å². The Kier molecular flexibility index (Phi) is 5.19. The normalized spacial score (nSPS) is 14.2. The number of carbonyl (C=O) groups is 1. The van der Waals surface area contributed by atoms with Gasteiger partial charge in [-0.1, -0.05) is 38.1 Å². The average Bonchev–Trinajstić information content (AvgIpc) is 3.15. The molecule has 0 aromatic heterocycles. The lowest BCUT2D eigenvalue weighted by Gasteiger charge is -2.15. The second kappa shape index (κ2) is 7.52. The van der Waals surface area contributed by atoms with Crippen molar-refractivity contribution in [3.05, 3.63) is 65.2 Å². The molecule has 24 heavy (non-hydrogen) atoms. The van der Waals surface area contributed by atoms with E-state index in [9.17, 15) is 4.79 Å². The van der Waals surface area contributed by atoms with Crippen LogP contribution >= 0.6 is 0 Å². The van der Waals surface area contributed by atoms with Crippen LogP contribution in [0, 0.1) is 0 Å². The van der Waals surface area contributed by atoms with Gasteiger partial charge in [-0.25, -0.2) is 0 Å². The average molecular weight is 323 g/mol. The van der Waals surface area contributed by atoms with E-state index in [2.05, 4.69) is 26.0 Å². The van der Waals surface area contributed by atoms with Crippen LogP contribution in [0.15, 0.2) is 48.5 Å². The van der Waals surface area contributed by atoms with Gasteiger partial charge < -0.3 is 9.64 Å². The van der Waals surface area contributed by atoms with Gasteiger partial charge in [0.05, 0.1) is 0 Å². The minimum Gasteiger partial charge on any atom is -0.489 e. The third kappa shape index (κ3) is 3.97. The van der Waals surface area contributed by atoms with Crippen LogP contribution in [0.4, 0.5) is 0 Å². The molecule has 0 radical (unpaired) electrons. The molecule has 0 atom stereocenters. The van der Waals surface area contributed by atoms with E-state index in [-0.39, 0.29) is 5.91 Å². The van der Waals surface area contributed by atoms with E-state index < -0.39 is 0 Å². The highest BCUT2D eigenvalue weighted by atomic mass is 16.5. The first-order chi connectivity index (χ1) is 11.6. The third-order valence-corrected chi connectivity index (χ3v) is 4.55. The van der Waals surface area contributed by atoms with E-state index in [1.807, 2.05) is 41.3 Å². The zero-order chi connectivity index (χ0) is 16.9. The Morgan fingerprint density at radius 1 is 1.00 bits per heavy atom. The summed E-state index contributed by atoms with van der Waals surface area (Å²) in [5.41, 5.74) is 3.15. The molecular formula is C21H25NO2. The molecule has 0 bridgehead atoms. The molecule has 0 aliphatic carbocycles. The van der Waals surface area contributed by atoms with Crippen LogP contribution in [0.1, 0.15) is 54.1 Å². The number of amides is 1. The van der Waals surface area contributed by atoms with Crippen molar-refractivity contribution in [1.82, 2.24) is 4.90 Å². The van der Waals surface area contributed by atoms with Gasteiger partial charge in [-0.3, -0.25) is 4.79 Å². The summed E-state index contributed by atoms with van der Waals surface area (Å²) in [5.74, 6) is 1.54. The lowest BCUT2D eigenvalue weighted by Crippen LogP contribution is -2.27. The Morgan fingerprint density at radius 3 is 2.21 bits per heavy atom. The van der Waals surface area contributed by atoms with Crippen molar-refractivity contribution in [2.75, 3.05) is 13.1 Å². The van der Waals surface area contributed by atoms with E-state index in [0.717, 1.165) is 42.8 Å². The van der Waals surface area contributed by atoms with E-state index in [1.165, 1.54) is 5.56 Å². The second-order valence-corrected chi connectivity index (χ2v) is 6.71. The molecule has 126 valence electrons. The summed E-state index contributed by atoms with van der Waals surface area (Å²) in [6, 6.07) is 16.0. The van der Waals surface area contributed by atoms with Gasteiger partial charge in [0.2, 0.25) is 0 Å². The van der Waals surface area contributed by atoms with Crippen LogP contribution in [-0.4, -0.2) is 23.9 Å². The molecule has 0 unspecified atom stereocenters. The molecule has 1 aliphatic heterocycles. The van der Waals surface area contributed by atoms with Gasteiger partial charge >= 0.3 is 0 Å². The van der Waals surface area contributed by atoms with Gasteiger partial charge in [0.1, 0.15) is 12.4 Å². The second-order valence-electron chi connectivity index (χ2n) is 6.71. The van der Waals surface area contributed by atoms with Crippen LogP contribution in [0.2, 0.25) is 0 Å². The first-order valence-corrected chi connectivity index (χ1v) is 8.74. The minimum absolute atomic E-state index is 0.143. The highest BCUT2D eigenvalue weighted by molar-refractivity contribution is 5.94. The van der Waals surface area contributed by atoms with Gasteiger partial charge in [-0.15, -0.1) is 0 Å². The summed E-state index contributed by atoms with van der Waals surface area (Å²) in [5, 5.41) is 0. The SMILES string of the molecule is CC(C)c1ccc(OCc2ccc(C(=O)N3CCCC3)cc2)cc1. The number of ether oxygens (including phenoxy) is 1. The van der Waals surface area contributed by atoms with E-state index in [1.54, 1.807) is 0 Å². The Morgan fingerprint density at radius 2 is 1.62 bits per heavy atom. The van der Waals surface area contributed by atoms with Crippen LogP contribution in [-0.2, 0) is 6.61 Å². The molecule has 3 rings (SSSR count). The minimum atomic E-state index is 0.143. The van der Waals surface area contributed by atoms with Crippen LogP contribution < -0.4 is 4.74 Å². The molecule has 0 saturated carbocycles. The van der Waals surface area contributed by atoms with Crippen molar-refractivity contribution in [3.8, 4) is 5.75 Å². The number of benzene rings is 2. The van der Waals surface area contributed by atoms with Gasteiger partial charge in [0.25, 0.3) is 5.91 Å². The van der Waals surface area contributed by atoms with Crippen LogP contribution in [0.5, 0.6) is 5.75 Å². The molecule has 1 heterocycles. The Hall–Kier alpha value is -2.29. The fourth-order valence-electron chi connectivity index (χ4n) is 2.96. The highest BCUT2D eigenvalue weighted by Crippen LogP contribution is 2.20. The molecule has 0 N–H and O–H groups in total. The number of likely N-dealkylation sites (tertiary alicyclic amines) is 1. The largest absolute Gasteiger partial charge is 0.489 e. The Labute approximate surface area is 144 Å². The standard InChI is InChI=1S/C21H25NO2/c1-16(2)18-9-11-20(12-10-18)24-15-17-5-7-19(8-6-17)21(23)22-13-3-4-14-22/h5-12,16H,3-4,13-15H2,1-2H3. The van der Waals surface area contributed by atoms with Crippen molar-refractivity contribution in [2.24, 2.45) is 0 Å². The monoisotopic (exact) mass is 323 g/mol. The van der Waals surface area contributed by atoms with E-state index >= 15 is 0 Å². The molecule has 3 heteroatoms. The predicted molar refractivity (Wildman–Crippen MR) is 96.4 cm³/mol. The number of hydrogen-bond acceptors (Lipinski definition) is 2. The fraction of sp³-hybridized carbons (Fsp3) is 0.381. The van der Waals surface area contributed by atoms with Crippen molar-refractivity contribution < 1.29 is 9.53 Å². The first-order valence-electron chi connectivity index (χ1n) is 8.74. The van der Waals surface area contributed by atoms with Gasteiger partial charge in [-0.05, 0) is 54.2 Å². The van der Waals surface area contributed by atoms with E-state index in [0.29, 0.717) is 12.5 Å². The molecule has 3 nitrogen and oxygen atoms in total. The molecule has 1 fully saturated rings. The smallest absolute Gasteiger partial charge is 0.253 e. The number of rotatable bonds is 5. The van der Waals surface area contributed by atoms with E-state index in [4.69, 9.17) is 4.74 Å². The number of hydrogen-bond donors (Lipinski definition) is 0. The fourth-order valence-corrected chi connectivity index (χ4v) is 2.96. The predicted octanol–water partition coefficient (Wildman–Crippen LogP) is 4.63.